The van der Waals surface area contributed by atoms with Gasteiger partial charge in [-0.25, -0.2) is 0 Å². The van der Waals surface area contributed by atoms with Gasteiger partial charge in [0.05, 0.1) is 0 Å². The summed E-state index contributed by atoms with van der Waals surface area (Å²) in [6, 6.07) is 11.3. The number of ether oxygens (including phenoxy) is 1. The Labute approximate surface area is 180 Å². The van der Waals surface area contributed by atoms with Crippen molar-refractivity contribution in [3.8, 4) is 11.5 Å². The van der Waals surface area contributed by atoms with Crippen LogP contribution < -0.4 is 15.0 Å². The third-order valence-electron chi connectivity index (χ3n) is 4.29. The Morgan fingerprint density at radius 1 is 1.07 bits per heavy atom. The van der Waals surface area contributed by atoms with E-state index < -0.39 is 17.9 Å². The maximum Gasteiger partial charge on any atom is 0.325 e. The molecule has 156 valence electrons. The lowest BCUT2D eigenvalue weighted by atomic mass is 10.1. The molecule has 0 saturated heterocycles. The largest absolute Gasteiger partial charge is 0.480 e. The van der Waals surface area contributed by atoms with Crippen LogP contribution in [0.3, 0.4) is 0 Å². The molecule has 0 radical (unpaired) electrons. The third kappa shape index (κ3) is 6.54. The van der Waals surface area contributed by atoms with Crippen molar-refractivity contribution in [2.45, 2.75) is 19.9 Å². The number of rotatable bonds is 10. The molecule has 8 heteroatoms. The number of anilines is 1. The molecule has 0 aliphatic heterocycles. The monoisotopic (exact) mass is 438 g/mol. The molecule has 0 unspecified atom stereocenters. The van der Waals surface area contributed by atoms with E-state index in [0.29, 0.717) is 41.9 Å². The van der Waals surface area contributed by atoms with E-state index in [0.717, 1.165) is 11.3 Å². The van der Waals surface area contributed by atoms with Crippen molar-refractivity contribution in [3.63, 3.8) is 0 Å². The Kier molecular flexibility index (Phi) is 8.61. The summed E-state index contributed by atoms with van der Waals surface area (Å²) < 4.78 is 5.87. The topological polar surface area (TPSA) is 78.9 Å². The van der Waals surface area contributed by atoms with E-state index in [2.05, 4.69) is 10.2 Å². The lowest BCUT2D eigenvalue weighted by Crippen LogP contribution is -2.38. The second kappa shape index (κ2) is 10.9. The first-order valence-electron chi connectivity index (χ1n) is 9.14. The summed E-state index contributed by atoms with van der Waals surface area (Å²) in [4.78, 5) is 25.0. The summed E-state index contributed by atoms with van der Waals surface area (Å²) in [7, 11) is 0. The zero-order valence-corrected chi connectivity index (χ0v) is 17.8. The van der Waals surface area contributed by atoms with Crippen molar-refractivity contribution in [1.82, 2.24) is 5.32 Å². The molecule has 29 heavy (non-hydrogen) atoms. The number of hydrogen-bond donors (Lipinski definition) is 2. The lowest BCUT2D eigenvalue weighted by molar-refractivity contribution is -0.138. The molecule has 0 aliphatic carbocycles. The van der Waals surface area contributed by atoms with E-state index in [1.165, 1.54) is 6.92 Å². The van der Waals surface area contributed by atoms with Crippen LogP contribution in [0.5, 0.6) is 11.5 Å². The van der Waals surface area contributed by atoms with Gasteiger partial charge in [-0.15, -0.1) is 23.2 Å². The lowest BCUT2D eigenvalue weighted by Gasteiger charge is -2.25. The molecule has 0 bridgehead atoms. The fourth-order valence-corrected chi connectivity index (χ4v) is 3.16. The molecule has 2 N–H and O–H groups in total. The number of nitrogens with zero attached hydrogens (tertiary/aromatic N) is 1. The van der Waals surface area contributed by atoms with Gasteiger partial charge in [-0.05, 0) is 61.9 Å². The quantitative estimate of drug-likeness (QED) is 0.541. The fraction of sp³-hybridized carbons (Fsp3) is 0.333. The van der Waals surface area contributed by atoms with Crippen molar-refractivity contribution in [1.29, 1.82) is 0 Å². The minimum Gasteiger partial charge on any atom is -0.480 e. The minimum absolute atomic E-state index is 0.356. The molecule has 2 aromatic carbocycles. The van der Waals surface area contributed by atoms with Crippen LogP contribution in [0.2, 0.25) is 0 Å². The highest BCUT2D eigenvalue weighted by Crippen LogP contribution is 2.28. The number of aryl methyl sites for hydroxylation is 1. The molecule has 0 heterocycles. The number of nitrogens with one attached hydrogen (secondary N) is 1. The van der Waals surface area contributed by atoms with Gasteiger partial charge in [0.2, 0.25) is 0 Å². The molecule has 0 spiro atoms. The number of hydrogen-bond acceptors (Lipinski definition) is 4. The van der Waals surface area contributed by atoms with Crippen molar-refractivity contribution in [2.24, 2.45) is 0 Å². The Bertz CT molecular complexity index is 837. The molecule has 2 aromatic rings. The number of halogens is 2. The van der Waals surface area contributed by atoms with Crippen LogP contribution >= 0.6 is 23.2 Å². The number of amides is 1. The third-order valence-corrected chi connectivity index (χ3v) is 4.63. The number of aliphatic carboxylic acids is 1. The highest BCUT2D eigenvalue weighted by molar-refractivity contribution is 6.18. The predicted molar refractivity (Wildman–Crippen MR) is 116 cm³/mol. The summed E-state index contributed by atoms with van der Waals surface area (Å²) in [5.74, 6) is 0.718. The first-order chi connectivity index (χ1) is 13.8. The molecule has 1 amide bonds. The van der Waals surface area contributed by atoms with Gasteiger partial charge >= 0.3 is 5.97 Å². The molecule has 0 saturated carbocycles. The van der Waals surface area contributed by atoms with Gasteiger partial charge in [0.1, 0.15) is 17.5 Å². The number of alkyl halides is 2. The number of benzene rings is 2. The average Bonchev–Trinajstić information content (AvgIpc) is 2.68. The number of carboxylic acid groups (broad SMARTS) is 1. The maximum atomic E-state index is 12.0. The zero-order valence-electron chi connectivity index (χ0n) is 16.3. The highest BCUT2D eigenvalue weighted by Gasteiger charge is 2.15. The normalized spacial score (nSPS) is 11.6. The van der Waals surface area contributed by atoms with Crippen LogP contribution in [0.4, 0.5) is 5.69 Å². The number of carboxylic acids is 1. The van der Waals surface area contributed by atoms with Gasteiger partial charge in [0.25, 0.3) is 5.91 Å². The van der Waals surface area contributed by atoms with Gasteiger partial charge in [0.15, 0.2) is 0 Å². The summed E-state index contributed by atoms with van der Waals surface area (Å²) in [5, 5.41) is 11.3. The SMILES string of the molecule is Cc1cc(Oc2ccc(C(=O)N[C@@H](C)C(=O)O)cc2)ccc1N(CCCl)CCCl. The van der Waals surface area contributed by atoms with Gasteiger partial charge in [0, 0.05) is 36.1 Å². The Balaban J connectivity index is 2.07. The molecule has 0 fully saturated rings. The van der Waals surface area contributed by atoms with Gasteiger partial charge in [-0.3, -0.25) is 9.59 Å². The first-order valence-corrected chi connectivity index (χ1v) is 10.2. The molecular weight excluding hydrogens is 415 g/mol. The Morgan fingerprint density at radius 3 is 2.17 bits per heavy atom. The second-order valence-electron chi connectivity index (χ2n) is 6.47. The second-order valence-corrected chi connectivity index (χ2v) is 7.23. The van der Waals surface area contributed by atoms with Crippen molar-refractivity contribution >= 4 is 40.8 Å². The van der Waals surface area contributed by atoms with Crippen LogP contribution in [0.15, 0.2) is 42.5 Å². The van der Waals surface area contributed by atoms with Gasteiger partial charge in [-0.2, -0.15) is 0 Å². The van der Waals surface area contributed by atoms with E-state index in [1.54, 1.807) is 24.3 Å². The average molecular weight is 439 g/mol. The van der Waals surface area contributed by atoms with E-state index in [1.807, 2.05) is 25.1 Å². The van der Waals surface area contributed by atoms with E-state index in [9.17, 15) is 9.59 Å². The minimum atomic E-state index is -1.09. The number of carbonyl (C=O) groups excluding carboxylic acids is 1. The molecule has 0 aromatic heterocycles. The zero-order chi connectivity index (χ0) is 21.4. The molecular formula is C21H24Cl2N2O4. The first kappa shape index (κ1) is 22.8. The van der Waals surface area contributed by atoms with Crippen LogP contribution in [0, 0.1) is 6.92 Å². The standard InChI is InChI=1S/C21H24Cl2N2O4/c1-14-13-18(7-8-19(14)25(11-9-22)12-10-23)29-17-5-3-16(4-6-17)20(26)24-15(2)21(27)28/h3-8,13,15H,9-12H2,1-2H3,(H,24,26)(H,27,28)/t15-/m0/s1. The van der Waals surface area contributed by atoms with E-state index in [4.69, 9.17) is 33.0 Å². The predicted octanol–water partition coefficient (Wildman–Crippen LogP) is 4.27. The van der Waals surface area contributed by atoms with Gasteiger partial charge in [-0.1, -0.05) is 0 Å². The maximum absolute atomic E-state index is 12.0. The van der Waals surface area contributed by atoms with Crippen molar-refractivity contribution in [2.75, 3.05) is 29.7 Å². The van der Waals surface area contributed by atoms with Crippen molar-refractivity contribution in [3.05, 3.63) is 53.6 Å². The molecule has 2 rings (SSSR count). The van der Waals surface area contributed by atoms with E-state index >= 15 is 0 Å². The molecule has 0 aliphatic rings. The van der Waals surface area contributed by atoms with Gasteiger partial charge < -0.3 is 20.1 Å². The number of carbonyl (C=O) groups is 2. The molecule has 6 nitrogen and oxygen atoms in total. The molecule has 1 atom stereocenters. The summed E-state index contributed by atoms with van der Waals surface area (Å²) in [6.45, 7) is 4.82. The smallest absolute Gasteiger partial charge is 0.325 e. The Hall–Kier alpha value is -2.44. The Morgan fingerprint density at radius 2 is 1.66 bits per heavy atom. The van der Waals surface area contributed by atoms with Crippen LogP contribution in [0.25, 0.3) is 0 Å². The highest BCUT2D eigenvalue weighted by atomic mass is 35.5. The summed E-state index contributed by atoms with van der Waals surface area (Å²) >= 11 is 11.8. The van der Waals surface area contributed by atoms with Crippen molar-refractivity contribution < 1.29 is 19.4 Å². The van der Waals surface area contributed by atoms with E-state index in [-0.39, 0.29) is 0 Å². The van der Waals surface area contributed by atoms with Crippen LogP contribution in [-0.2, 0) is 4.79 Å². The van der Waals surface area contributed by atoms with Crippen LogP contribution in [-0.4, -0.2) is 47.9 Å². The summed E-state index contributed by atoms with van der Waals surface area (Å²) in [6.07, 6.45) is 0. The summed E-state index contributed by atoms with van der Waals surface area (Å²) in [5.41, 5.74) is 2.45. The fourth-order valence-electron chi connectivity index (χ4n) is 2.76. The van der Waals surface area contributed by atoms with Crippen LogP contribution in [0.1, 0.15) is 22.8 Å².